The maximum Gasteiger partial charge on any atom is 0.257 e. The number of aromatic nitrogens is 1. The molecule has 0 bridgehead atoms. The van der Waals surface area contributed by atoms with Gasteiger partial charge in [0.05, 0.1) is 11.6 Å². The predicted molar refractivity (Wildman–Crippen MR) is 143 cm³/mol. The molecule has 0 aliphatic rings. The highest BCUT2D eigenvalue weighted by molar-refractivity contribution is 9.10. The molecule has 0 saturated carbocycles. The summed E-state index contributed by atoms with van der Waals surface area (Å²) < 4.78 is 11.9. The van der Waals surface area contributed by atoms with E-state index in [1.165, 1.54) is 5.56 Å². The van der Waals surface area contributed by atoms with Crippen LogP contribution in [0.25, 0.3) is 22.6 Å². The van der Waals surface area contributed by atoms with Crippen LogP contribution < -0.4 is 15.4 Å². The minimum Gasteiger partial charge on any atom is -0.496 e. The quantitative estimate of drug-likeness (QED) is 0.260. The summed E-state index contributed by atoms with van der Waals surface area (Å²) in [5, 5.41) is 5.93. The smallest absolute Gasteiger partial charge is 0.257 e. The second-order valence-corrected chi connectivity index (χ2v) is 9.16. The number of nitrogens with zero attached hydrogens (tertiary/aromatic N) is 1. The Labute approximate surface area is 211 Å². The maximum absolute atomic E-state index is 12.6. The molecule has 4 aromatic rings. The molecule has 0 aliphatic heterocycles. The number of carbonyl (C=O) groups excluding carboxylic acids is 1. The highest BCUT2D eigenvalue weighted by Gasteiger charge is 2.13. The van der Waals surface area contributed by atoms with Crippen molar-refractivity contribution in [2.75, 3.05) is 12.4 Å². The normalized spacial score (nSPS) is 11.8. The number of halogens is 1. The number of hydrogen-bond acceptors (Lipinski definition) is 5. The van der Waals surface area contributed by atoms with Gasteiger partial charge in [-0.05, 0) is 94.6 Å². The van der Waals surface area contributed by atoms with Crippen molar-refractivity contribution >= 4 is 56.0 Å². The first kappa shape index (κ1) is 23.9. The molecule has 4 rings (SSSR count). The van der Waals surface area contributed by atoms with Crippen LogP contribution in [0.15, 0.2) is 69.6 Å². The molecule has 0 fully saturated rings. The van der Waals surface area contributed by atoms with E-state index >= 15 is 0 Å². The predicted octanol–water partition coefficient (Wildman–Crippen LogP) is 6.91. The molecule has 2 N–H and O–H groups in total. The first-order valence-electron chi connectivity index (χ1n) is 10.8. The van der Waals surface area contributed by atoms with E-state index in [0.29, 0.717) is 33.3 Å². The molecular weight excluding hydrogens is 514 g/mol. The van der Waals surface area contributed by atoms with E-state index in [1.54, 1.807) is 25.3 Å². The molecule has 1 atom stereocenters. The Morgan fingerprint density at radius 1 is 1.18 bits per heavy atom. The van der Waals surface area contributed by atoms with Crippen molar-refractivity contribution in [1.82, 2.24) is 10.3 Å². The van der Waals surface area contributed by atoms with Crippen LogP contribution in [0.3, 0.4) is 0 Å². The fraction of sp³-hybridized carbons (Fsp3) is 0.192. The van der Waals surface area contributed by atoms with Gasteiger partial charge in [-0.25, -0.2) is 4.98 Å². The summed E-state index contributed by atoms with van der Waals surface area (Å²) in [6, 6.07) is 18.7. The number of thiocarbonyl (C=S) groups is 1. The van der Waals surface area contributed by atoms with Crippen LogP contribution in [0.5, 0.6) is 5.75 Å². The van der Waals surface area contributed by atoms with Gasteiger partial charge in [0.1, 0.15) is 11.3 Å². The summed E-state index contributed by atoms with van der Waals surface area (Å²) in [4.78, 5) is 17.2. The minimum absolute atomic E-state index is 0.185. The van der Waals surface area contributed by atoms with E-state index in [-0.39, 0.29) is 11.0 Å². The number of carbonyl (C=O) groups is 1. The summed E-state index contributed by atoms with van der Waals surface area (Å²) in [5.74, 6) is 1.31. The lowest BCUT2D eigenvalue weighted by molar-refractivity contribution is 0.0977. The number of benzene rings is 3. The molecule has 0 unspecified atom stereocenters. The molecule has 0 aliphatic carbocycles. The van der Waals surface area contributed by atoms with E-state index in [9.17, 15) is 4.79 Å². The molecule has 174 valence electrons. The number of methoxy groups -OCH3 is 1. The van der Waals surface area contributed by atoms with E-state index in [2.05, 4.69) is 57.5 Å². The lowest BCUT2D eigenvalue weighted by Crippen LogP contribution is -2.34. The number of rotatable bonds is 6. The van der Waals surface area contributed by atoms with Crippen molar-refractivity contribution in [3.8, 4) is 17.2 Å². The number of fused-ring (bicyclic) bond motifs is 1. The van der Waals surface area contributed by atoms with Crippen LogP contribution in [0.2, 0.25) is 0 Å². The van der Waals surface area contributed by atoms with Crippen molar-refractivity contribution in [3.05, 3.63) is 76.3 Å². The Bertz CT molecular complexity index is 1370. The third kappa shape index (κ3) is 5.29. The molecular formula is C26H24BrN3O3S. The molecule has 6 nitrogen and oxygen atoms in total. The van der Waals surface area contributed by atoms with Gasteiger partial charge in [-0.3, -0.25) is 10.1 Å². The first-order chi connectivity index (χ1) is 16.4. The average molecular weight is 538 g/mol. The van der Waals surface area contributed by atoms with Crippen LogP contribution in [-0.2, 0) is 0 Å². The van der Waals surface area contributed by atoms with Crippen molar-refractivity contribution in [2.45, 2.75) is 26.2 Å². The fourth-order valence-corrected chi connectivity index (χ4v) is 4.24. The van der Waals surface area contributed by atoms with Gasteiger partial charge in [0.15, 0.2) is 10.7 Å². The standard InChI is InChI=1S/C26H24BrN3O3S/c1-4-15(2)16-8-11-23-21(14-16)29-25(33-23)18-6-5-7-19(12-18)28-26(34)30-24(31)17-9-10-22(32-3)20(27)13-17/h5-15H,4H2,1-3H3,(H2,28,30,31,34)/t15-/m1/s1. The van der Waals surface area contributed by atoms with Gasteiger partial charge in [-0.1, -0.05) is 26.0 Å². The molecule has 8 heteroatoms. The first-order valence-corrected chi connectivity index (χ1v) is 12.0. The summed E-state index contributed by atoms with van der Waals surface area (Å²) in [5.41, 5.74) is 4.79. The second kappa shape index (κ2) is 10.4. The van der Waals surface area contributed by atoms with E-state index in [1.807, 2.05) is 30.3 Å². The SMILES string of the molecule is CC[C@@H](C)c1ccc2oc(-c3cccc(NC(=S)NC(=O)c4ccc(OC)c(Br)c4)c3)nc2c1. The molecule has 0 radical (unpaired) electrons. The zero-order chi connectivity index (χ0) is 24.2. The van der Waals surface area contributed by atoms with Crippen LogP contribution in [-0.4, -0.2) is 23.1 Å². The topological polar surface area (TPSA) is 76.4 Å². The highest BCUT2D eigenvalue weighted by Crippen LogP contribution is 2.29. The lowest BCUT2D eigenvalue weighted by atomic mass is 9.98. The summed E-state index contributed by atoms with van der Waals surface area (Å²) >= 11 is 8.72. The highest BCUT2D eigenvalue weighted by atomic mass is 79.9. The summed E-state index contributed by atoms with van der Waals surface area (Å²) in [7, 11) is 1.57. The van der Waals surface area contributed by atoms with Gasteiger partial charge >= 0.3 is 0 Å². The Morgan fingerprint density at radius 2 is 2.00 bits per heavy atom. The van der Waals surface area contributed by atoms with Crippen LogP contribution in [0.1, 0.15) is 42.1 Å². The Kier molecular flexibility index (Phi) is 7.29. The zero-order valence-corrected chi connectivity index (χ0v) is 21.4. The van der Waals surface area contributed by atoms with E-state index < -0.39 is 0 Å². The number of amides is 1. The van der Waals surface area contributed by atoms with Crippen molar-refractivity contribution < 1.29 is 13.9 Å². The maximum atomic E-state index is 12.6. The Hall–Kier alpha value is -3.23. The number of anilines is 1. The molecule has 1 heterocycles. The summed E-state index contributed by atoms with van der Waals surface area (Å²) in [6.45, 7) is 4.37. The number of hydrogen-bond donors (Lipinski definition) is 2. The van der Waals surface area contributed by atoms with Crippen LogP contribution >= 0.6 is 28.1 Å². The monoisotopic (exact) mass is 537 g/mol. The Balaban J connectivity index is 1.47. The number of ether oxygens (including phenoxy) is 1. The molecule has 1 amide bonds. The third-order valence-electron chi connectivity index (χ3n) is 5.60. The van der Waals surface area contributed by atoms with Crippen molar-refractivity contribution in [3.63, 3.8) is 0 Å². The van der Waals surface area contributed by atoms with Crippen LogP contribution in [0.4, 0.5) is 5.69 Å². The van der Waals surface area contributed by atoms with Crippen molar-refractivity contribution in [2.24, 2.45) is 0 Å². The van der Waals surface area contributed by atoms with Gasteiger partial charge in [-0.15, -0.1) is 0 Å². The van der Waals surface area contributed by atoms with Gasteiger partial charge in [0.25, 0.3) is 5.91 Å². The van der Waals surface area contributed by atoms with Gasteiger partial charge in [0.2, 0.25) is 5.89 Å². The molecule has 3 aromatic carbocycles. The van der Waals surface area contributed by atoms with E-state index in [4.69, 9.17) is 21.4 Å². The largest absolute Gasteiger partial charge is 0.496 e. The molecule has 0 saturated heterocycles. The Morgan fingerprint density at radius 3 is 2.74 bits per heavy atom. The van der Waals surface area contributed by atoms with Gasteiger partial charge < -0.3 is 14.5 Å². The molecule has 1 aromatic heterocycles. The van der Waals surface area contributed by atoms with Crippen LogP contribution in [0, 0.1) is 0 Å². The third-order valence-corrected chi connectivity index (χ3v) is 6.43. The van der Waals surface area contributed by atoms with Gasteiger partial charge in [-0.2, -0.15) is 0 Å². The molecule has 0 spiro atoms. The molecule has 34 heavy (non-hydrogen) atoms. The van der Waals surface area contributed by atoms with E-state index in [0.717, 1.165) is 23.1 Å². The zero-order valence-electron chi connectivity index (χ0n) is 19.0. The second-order valence-electron chi connectivity index (χ2n) is 7.89. The van der Waals surface area contributed by atoms with Gasteiger partial charge in [0, 0.05) is 16.8 Å². The fourth-order valence-electron chi connectivity index (χ4n) is 3.49. The summed E-state index contributed by atoms with van der Waals surface area (Å²) in [6.07, 6.45) is 1.07. The minimum atomic E-state index is -0.326. The number of oxazole rings is 1. The average Bonchev–Trinajstić information content (AvgIpc) is 3.27. The lowest BCUT2D eigenvalue weighted by Gasteiger charge is -2.11. The van der Waals surface area contributed by atoms with Crippen molar-refractivity contribution in [1.29, 1.82) is 0 Å². The number of nitrogens with one attached hydrogen (secondary N) is 2.